The van der Waals surface area contributed by atoms with Gasteiger partial charge in [-0.3, -0.25) is 4.79 Å². The van der Waals surface area contributed by atoms with Crippen molar-refractivity contribution in [3.05, 3.63) is 16.6 Å². The molecule has 0 spiro atoms. The maximum absolute atomic E-state index is 11.4. The molecule has 16 heavy (non-hydrogen) atoms. The normalized spacial score (nSPS) is 19.9. The first-order chi connectivity index (χ1) is 7.84. The molecule has 1 saturated heterocycles. The van der Waals surface area contributed by atoms with Gasteiger partial charge in [-0.2, -0.15) is 0 Å². The Morgan fingerprint density at radius 2 is 2.62 bits per heavy atom. The number of carbonyl (C=O) groups is 1. The number of thiazole rings is 1. The Morgan fingerprint density at radius 3 is 3.31 bits per heavy atom. The van der Waals surface area contributed by atoms with E-state index in [1.54, 1.807) is 16.8 Å². The average molecular weight is 241 g/mol. The molecular formula is C11H15NO3S. The Kier molecular flexibility index (Phi) is 4.30. The van der Waals surface area contributed by atoms with Crippen LogP contribution in [0.1, 0.15) is 25.0 Å². The molecule has 1 aliphatic rings. The van der Waals surface area contributed by atoms with Crippen molar-refractivity contribution in [3.8, 4) is 0 Å². The molecule has 0 unspecified atom stereocenters. The predicted octanol–water partition coefficient (Wildman–Crippen LogP) is 1.80. The highest BCUT2D eigenvalue weighted by atomic mass is 32.1. The van der Waals surface area contributed by atoms with Crippen molar-refractivity contribution < 1.29 is 14.3 Å². The molecule has 2 heterocycles. The smallest absolute Gasteiger partial charge is 0.306 e. The lowest BCUT2D eigenvalue weighted by Gasteiger charge is -2.09. The monoisotopic (exact) mass is 241 g/mol. The lowest BCUT2D eigenvalue weighted by Crippen LogP contribution is -2.18. The van der Waals surface area contributed by atoms with Gasteiger partial charge in [-0.1, -0.05) is 0 Å². The second-order valence-electron chi connectivity index (χ2n) is 3.80. The molecule has 0 N–H and O–H groups in total. The molecule has 2 rings (SSSR count). The number of nitrogens with zero attached hydrogens (tertiary/aromatic N) is 1. The lowest BCUT2D eigenvalue weighted by molar-refractivity contribution is -0.146. The van der Waals surface area contributed by atoms with Crippen molar-refractivity contribution in [1.82, 2.24) is 4.98 Å². The van der Waals surface area contributed by atoms with Crippen molar-refractivity contribution in [1.29, 1.82) is 0 Å². The molecule has 0 aromatic carbocycles. The number of ether oxygens (including phenoxy) is 2. The first-order valence-electron chi connectivity index (χ1n) is 5.49. The summed E-state index contributed by atoms with van der Waals surface area (Å²) in [5.41, 5.74) is 2.73. The fraction of sp³-hybridized carbons (Fsp3) is 0.636. The zero-order chi connectivity index (χ0) is 11.2. The van der Waals surface area contributed by atoms with E-state index in [0.29, 0.717) is 19.4 Å². The van der Waals surface area contributed by atoms with Crippen LogP contribution in [-0.4, -0.2) is 30.3 Å². The second kappa shape index (κ2) is 5.96. The third kappa shape index (κ3) is 3.57. The summed E-state index contributed by atoms with van der Waals surface area (Å²) in [5.74, 6) is -0.163. The standard InChI is InChI=1S/C11H15NO3S/c13-11(4-3-9-7-16-8-12-9)15-6-10-2-1-5-14-10/h7-8,10H,1-6H2/t10-/m0/s1. The van der Waals surface area contributed by atoms with Gasteiger partial charge in [0.05, 0.1) is 23.7 Å². The van der Waals surface area contributed by atoms with Gasteiger partial charge in [0, 0.05) is 18.4 Å². The first-order valence-corrected chi connectivity index (χ1v) is 6.43. The van der Waals surface area contributed by atoms with E-state index in [-0.39, 0.29) is 12.1 Å². The van der Waals surface area contributed by atoms with Crippen LogP contribution < -0.4 is 0 Å². The zero-order valence-electron chi connectivity index (χ0n) is 9.05. The minimum absolute atomic E-state index is 0.114. The molecule has 1 aliphatic heterocycles. The lowest BCUT2D eigenvalue weighted by atomic mass is 10.2. The van der Waals surface area contributed by atoms with Crippen molar-refractivity contribution in [3.63, 3.8) is 0 Å². The van der Waals surface area contributed by atoms with Crippen LogP contribution in [0.15, 0.2) is 10.9 Å². The molecule has 1 atom stereocenters. The van der Waals surface area contributed by atoms with Crippen LogP contribution in [0.4, 0.5) is 0 Å². The largest absolute Gasteiger partial charge is 0.463 e. The summed E-state index contributed by atoms with van der Waals surface area (Å²) in [5, 5.41) is 1.95. The van der Waals surface area contributed by atoms with E-state index in [9.17, 15) is 4.79 Å². The van der Waals surface area contributed by atoms with Gasteiger partial charge in [-0.05, 0) is 12.8 Å². The van der Waals surface area contributed by atoms with Crippen LogP contribution in [0.3, 0.4) is 0 Å². The van der Waals surface area contributed by atoms with Gasteiger partial charge < -0.3 is 9.47 Å². The molecule has 0 bridgehead atoms. The van der Waals surface area contributed by atoms with E-state index in [4.69, 9.17) is 9.47 Å². The quantitative estimate of drug-likeness (QED) is 0.737. The van der Waals surface area contributed by atoms with Crippen molar-refractivity contribution in [2.75, 3.05) is 13.2 Å². The van der Waals surface area contributed by atoms with E-state index in [0.717, 1.165) is 25.1 Å². The van der Waals surface area contributed by atoms with Crippen LogP contribution in [0.5, 0.6) is 0 Å². The zero-order valence-corrected chi connectivity index (χ0v) is 9.87. The van der Waals surface area contributed by atoms with Gasteiger partial charge in [0.15, 0.2) is 0 Å². The van der Waals surface area contributed by atoms with Crippen LogP contribution in [0, 0.1) is 0 Å². The number of carbonyl (C=O) groups excluding carboxylic acids is 1. The predicted molar refractivity (Wildman–Crippen MR) is 60.4 cm³/mol. The molecule has 1 aromatic heterocycles. The average Bonchev–Trinajstić information content (AvgIpc) is 2.96. The first kappa shape index (κ1) is 11.5. The second-order valence-corrected chi connectivity index (χ2v) is 4.52. The van der Waals surface area contributed by atoms with Crippen molar-refractivity contribution >= 4 is 17.3 Å². The Labute approximate surface area is 98.6 Å². The van der Waals surface area contributed by atoms with Gasteiger partial charge in [0.1, 0.15) is 6.61 Å². The fourth-order valence-electron chi connectivity index (χ4n) is 1.62. The van der Waals surface area contributed by atoms with E-state index in [2.05, 4.69) is 4.98 Å². The SMILES string of the molecule is O=C(CCc1cscn1)OC[C@@H]1CCCO1. The molecule has 4 nitrogen and oxygen atoms in total. The van der Waals surface area contributed by atoms with Gasteiger partial charge in [-0.25, -0.2) is 4.98 Å². The van der Waals surface area contributed by atoms with Crippen LogP contribution in [0.25, 0.3) is 0 Å². The highest BCUT2D eigenvalue weighted by molar-refractivity contribution is 7.07. The summed E-state index contributed by atoms with van der Waals surface area (Å²) in [6.07, 6.45) is 3.24. The number of aryl methyl sites for hydroxylation is 1. The third-order valence-corrected chi connectivity index (χ3v) is 3.16. The molecule has 88 valence electrons. The number of hydrogen-bond acceptors (Lipinski definition) is 5. The van der Waals surface area contributed by atoms with Crippen LogP contribution >= 0.6 is 11.3 Å². The minimum Gasteiger partial charge on any atom is -0.463 e. The Bertz CT molecular complexity index is 320. The van der Waals surface area contributed by atoms with Crippen LogP contribution in [0.2, 0.25) is 0 Å². The molecule has 0 radical (unpaired) electrons. The van der Waals surface area contributed by atoms with Crippen LogP contribution in [-0.2, 0) is 20.7 Å². The van der Waals surface area contributed by atoms with Gasteiger partial charge >= 0.3 is 5.97 Å². The van der Waals surface area contributed by atoms with Crippen molar-refractivity contribution in [2.24, 2.45) is 0 Å². The van der Waals surface area contributed by atoms with E-state index < -0.39 is 0 Å². The van der Waals surface area contributed by atoms with E-state index in [1.165, 1.54) is 0 Å². The summed E-state index contributed by atoms with van der Waals surface area (Å²) in [7, 11) is 0. The van der Waals surface area contributed by atoms with Gasteiger partial charge in [0.2, 0.25) is 0 Å². The molecule has 0 saturated carbocycles. The molecular weight excluding hydrogens is 226 g/mol. The number of hydrogen-bond donors (Lipinski definition) is 0. The highest BCUT2D eigenvalue weighted by Crippen LogP contribution is 2.12. The summed E-state index contributed by atoms with van der Waals surface area (Å²) < 4.78 is 10.5. The fourth-order valence-corrected chi connectivity index (χ4v) is 2.22. The Balaban J connectivity index is 1.60. The summed E-state index contributed by atoms with van der Waals surface area (Å²) in [6, 6.07) is 0. The molecule has 5 heteroatoms. The number of esters is 1. The Hall–Kier alpha value is -0.940. The maximum Gasteiger partial charge on any atom is 0.306 e. The van der Waals surface area contributed by atoms with E-state index >= 15 is 0 Å². The van der Waals surface area contributed by atoms with Gasteiger partial charge in [-0.15, -0.1) is 11.3 Å². The van der Waals surface area contributed by atoms with Crippen molar-refractivity contribution in [2.45, 2.75) is 31.8 Å². The molecule has 1 fully saturated rings. The summed E-state index contributed by atoms with van der Waals surface area (Å²) in [6.45, 7) is 1.19. The highest BCUT2D eigenvalue weighted by Gasteiger charge is 2.17. The van der Waals surface area contributed by atoms with E-state index in [1.807, 2.05) is 5.38 Å². The topological polar surface area (TPSA) is 48.4 Å². The Morgan fingerprint density at radius 1 is 1.69 bits per heavy atom. The summed E-state index contributed by atoms with van der Waals surface area (Å²) in [4.78, 5) is 15.5. The number of rotatable bonds is 5. The minimum atomic E-state index is -0.163. The molecule has 0 amide bonds. The number of aromatic nitrogens is 1. The van der Waals surface area contributed by atoms with Gasteiger partial charge in [0.25, 0.3) is 0 Å². The molecule has 1 aromatic rings. The third-order valence-electron chi connectivity index (χ3n) is 2.52. The molecule has 0 aliphatic carbocycles. The maximum atomic E-state index is 11.4. The summed E-state index contributed by atoms with van der Waals surface area (Å²) >= 11 is 1.54.